The van der Waals surface area contributed by atoms with Gasteiger partial charge < -0.3 is 5.32 Å². The third-order valence-electron chi connectivity index (χ3n) is 4.01. The van der Waals surface area contributed by atoms with E-state index in [1.807, 2.05) is 0 Å². The molecule has 0 radical (unpaired) electrons. The first-order valence-electron chi connectivity index (χ1n) is 8.05. The van der Waals surface area contributed by atoms with Crippen molar-refractivity contribution in [2.24, 2.45) is 0 Å². The van der Waals surface area contributed by atoms with E-state index in [0.717, 1.165) is 25.6 Å². The van der Waals surface area contributed by atoms with Gasteiger partial charge in [-0.1, -0.05) is 31.2 Å². The topological polar surface area (TPSA) is 15.3 Å². The molecule has 0 aliphatic heterocycles. The smallest absolute Gasteiger partial charge is 0.0239 e. The van der Waals surface area contributed by atoms with E-state index in [0.29, 0.717) is 0 Å². The fraction of sp³-hybridized carbons (Fsp3) is 0.667. The Balaban J connectivity index is 1.94. The monoisotopic (exact) mass is 274 g/mol. The van der Waals surface area contributed by atoms with Crippen LogP contribution >= 0.6 is 0 Å². The highest BCUT2D eigenvalue weighted by atomic mass is 15.2. The van der Waals surface area contributed by atoms with Crippen molar-refractivity contribution in [2.45, 2.75) is 65.1 Å². The van der Waals surface area contributed by atoms with Crippen LogP contribution in [0.5, 0.6) is 0 Å². The summed E-state index contributed by atoms with van der Waals surface area (Å²) >= 11 is 0. The predicted octanol–water partition coefficient (Wildman–Crippen LogP) is 3.60. The Labute approximate surface area is 124 Å². The van der Waals surface area contributed by atoms with Gasteiger partial charge in [-0.25, -0.2) is 0 Å². The molecule has 0 heterocycles. The Hall–Kier alpha value is -0.860. The molecule has 2 nitrogen and oxygen atoms in total. The molecular weight excluding hydrogens is 244 g/mol. The first-order chi connectivity index (χ1) is 9.49. The van der Waals surface area contributed by atoms with Gasteiger partial charge in [0.2, 0.25) is 0 Å². The molecule has 0 spiro atoms. The van der Waals surface area contributed by atoms with Crippen molar-refractivity contribution in [2.75, 3.05) is 13.1 Å². The van der Waals surface area contributed by atoms with Crippen LogP contribution in [-0.2, 0) is 13.0 Å². The minimum atomic E-state index is 0.207. The minimum Gasteiger partial charge on any atom is -0.312 e. The maximum atomic E-state index is 3.59. The zero-order valence-corrected chi connectivity index (χ0v) is 13.6. The molecule has 0 amide bonds. The molecule has 2 heteroatoms. The quantitative estimate of drug-likeness (QED) is 0.817. The molecule has 1 aromatic carbocycles. The fourth-order valence-electron chi connectivity index (χ4n) is 2.69. The third kappa shape index (κ3) is 4.92. The summed E-state index contributed by atoms with van der Waals surface area (Å²) in [5.74, 6) is 0. The zero-order chi connectivity index (χ0) is 14.6. The van der Waals surface area contributed by atoms with Gasteiger partial charge in [-0.3, -0.25) is 4.90 Å². The molecule has 1 aliphatic rings. The standard InChI is InChI=1S/C18H30N2/c1-5-20(17-10-11-17)14-16-9-7-6-8-15(16)12-13-19-18(2,3)4/h6-9,17,19H,5,10-14H2,1-4H3. The van der Waals surface area contributed by atoms with Crippen LogP contribution in [0.3, 0.4) is 0 Å². The molecule has 1 aliphatic carbocycles. The van der Waals surface area contributed by atoms with Crippen molar-refractivity contribution in [3.63, 3.8) is 0 Å². The summed E-state index contributed by atoms with van der Waals surface area (Å²) in [5.41, 5.74) is 3.22. The summed E-state index contributed by atoms with van der Waals surface area (Å²) in [6.07, 6.45) is 3.90. The molecular formula is C18H30N2. The number of nitrogens with one attached hydrogen (secondary N) is 1. The number of nitrogens with zero attached hydrogens (tertiary/aromatic N) is 1. The van der Waals surface area contributed by atoms with E-state index in [2.05, 4.69) is 62.2 Å². The van der Waals surface area contributed by atoms with E-state index in [9.17, 15) is 0 Å². The average Bonchev–Trinajstić information content (AvgIpc) is 3.20. The second-order valence-electron chi connectivity index (χ2n) is 6.99. The molecule has 0 atom stereocenters. The van der Waals surface area contributed by atoms with Gasteiger partial charge in [0.15, 0.2) is 0 Å². The summed E-state index contributed by atoms with van der Waals surface area (Å²) in [6.45, 7) is 12.3. The number of rotatable bonds is 7. The SMILES string of the molecule is CCN(Cc1ccccc1CCNC(C)(C)C)C1CC1. The van der Waals surface area contributed by atoms with E-state index in [1.54, 1.807) is 0 Å². The zero-order valence-electron chi connectivity index (χ0n) is 13.6. The molecule has 0 unspecified atom stereocenters. The highest BCUT2D eigenvalue weighted by Crippen LogP contribution is 2.28. The van der Waals surface area contributed by atoms with Crippen LogP contribution in [0.1, 0.15) is 51.7 Å². The minimum absolute atomic E-state index is 0.207. The van der Waals surface area contributed by atoms with Crippen LogP contribution < -0.4 is 5.32 Å². The van der Waals surface area contributed by atoms with Gasteiger partial charge in [0.25, 0.3) is 0 Å². The van der Waals surface area contributed by atoms with Crippen LogP contribution in [0.4, 0.5) is 0 Å². The molecule has 0 bridgehead atoms. The van der Waals surface area contributed by atoms with E-state index in [-0.39, 0.29) is 5.54 Å². The summed E-state index contributed by atoms with van der Waals surface area (Å²) < 4.78 is 0. The predicted molar refractivity (Wildman–Crippen MR) is 87.0 cm³/mol. The van der Waals surface area contributed by atoms with Crippen molar-refractivity contribution in [3.05, 3.63) is 35.4 Å². The van der Waals surface area contributed by atoms with Crippen LogP contribution in [0, 0.1) is 0 Å². The van der Waals surface area contributed by atoms with Crippen molar-refractivity contribution in [1.82, 2.24) is 10.2 Å². The van der Waals surface area contributed by atoms with Crippen molar-refractivity contribution < 1.29 is 0 Å². The van der Waals surface area contributed by atoms with E-state index < -0.39 is 0 Å². The van der Waals surface area contributed by atoms with Crippen LogP contribution in [-0.4, -0.2) is 29.6 Å². The normalized spacial score (nSPS) is 15.8. The average molecular weight is 274 g/mol. The van der Waals surface area contributed by atoms with Crippen molar-refractivity contribution in [1.29, 1.82) is 0 Å². The van der Waals surface area contributed by atoms with Gasteiger partial charge in [0.1, 0.15) is 0 Å². The highest BCUT2D eigenvalue weighted by molar-refractivity contribution is 5.27. The van der Waals surface area contributed by atoms with Gasteiger partial charge >= 0.3 is 0 Å². The van der Waals surface area contributed by atoms with Gasteiger partial charge in [-0.2, -0.15) is 0 Å². The second-order valence-corrected chi connectivity index (χ2v) is 6.99. The first-order valence-corrected chi connectivity index (χ1v) is 8.05. The van der Waals surface area contributed by atoms with Gasteiger partial charge in [-0.05, 0) is 64.3 Å². The molecule has 0 aromatic heterocycles. The highest BCUT2D eigenvalue weighted by Gasteiger charge is 2.27. The van der Waals surface area contributed by atoms with Crippen molar-refractivity contribution >= 4 is 0 Å². The van der Waals surface area contributed by atoms with Gasteiger partial charge in [-0.15, -0.1) is 0 Å². The van der Waals surface area contributed by atoms with Crippen LogP contribution in [0.25, 0.3) is 0 Å². The molecule has 1 N–H and O–H groups in total. The van der Waals surface area contributed by atoms with Crippen LogP contribution in [0.2, 0.25) is 0 Å². The lowest BCUT2D eigenvalue weighted by Crippen LogP contribution is -2.37. The lowest BCUT2D eigenvalue weighted by molar-refractivity contribution is 0.268. The maximum absolute atomic E-state index is 3.59. The maximum Gasteiger partial charge on any atom is 0.0239 e. The Morgan fingerprint density at radius 2 is 1.80 bits per heavy atom. The van der Waals surface area contributed by atoms with Gasteiger partial charge in [0, 0.05) is 18.1 Å². The lowest BCUT2D eigenvalue weighted by atomic mass is 10.0. The Morgan fingerprint density at radius 1 is 1.15 bits per heavy atom. The van der Waals surface area contributed by atoms with E-state index in [4.69, 9.17) is 0 Å². The number of hydrogen-bond acceptors (Lipinski definition) is 2. The molecule has 1 aromatic rings. The molecule has 1 saturated carbocycles. The molecule has 112 valence electrons. The fourth-order valence-corrected chi connectivity index (χ4v) is 2.69. The van der Waals surface area contributed by atoms with Gasteiger partial charge in [0.05, 0.1) is 0 Å². The molecule has 20 heavy (non-hydrogen) atoms. The van der Waals surface area contributed by atoms with E-state index >= 15 is 0 Å². The molecule has 2 rings (SSSR count). The summed E-state index contributed by atoms with van der Waals surface area (Å²) in [7, 11) is 0. The Morgan fingerprint density at radius 3 is 2.35 bits per heavy atom. The second kappa shape index (κ2) is 6.73. The Bertz CT molecular complexity index is 416. The lowest BCUT2D eigenvalue weighted by Gasteiger charge is -2.23. The largest absolute Gasteiger partial charge is 0.312 e. The third-order valence-corrected chi connectivity index (χ3v) is 4.01. The van der Waals surface area contributed by atoms with E-state index in [1.165, 1.54) is 30.5 Å². The first kappa shape index (κ1) is 15.5. The molecule has 1 fully saturated rings. The number of benzene rings is 1. The Kier molecular flexibility index (Phi) is 5.22. The van der Waals surface area contributed by atoms with Crippen LogP contribution in [0.15, 0.2) is 24.3 Å². The van der Waals surface area contributed by atoms with Crippen molar-refractivity contribution in [3.8, 4) is 0 Å². The summed E-state index contributed by atoms with van der Waals surface area (Å²) in [6, 6.07) is 9.79. The summed E-state index contributed by atoms with van der Waals surface area (Å²) in [5, 5.41) is 3.59. The number of hydrogen-bond donors (Lipinski definition) is 1. The summed E-state index contributed by atoms with van der Waals surface area (Å²) in [4.78, 5) is 2.62. The molecule has 0 saturated heterocycles.